The van der Waals surface area contributed by atoms with Gasteiger partial charge in [0, 0.05) is 6.54 Å². The van der Waals surface area contributed by atoms with Gasteiger partial charge in [0.25, 0.3) is 0 Å². The molecule has 0 unspecified atom stereocenters. The summed E-state index contributed by atoms with van der Waals surface area (Å²) >= 11 is 0. The molecule has 0 fully saturated rings. The molecule has 1 N–H and O–H groups in total. The van der Waals surface area contributed by atoms with Crippen molar-refractivity contribution in [1.82, 2.24) is 5.32 Å². The molecule has 0 spiro atoms. The van der Waals surface area contributed by atoms with Crippen LogP contribution in [0.3, 0.4) is 0 Å². The Balaban J connectivity index is 2.15. The van der Waals surface area contributed by atoms with E-state index in [1.54, 1.807) is 0 Å². The van der Waals surface area contributed by atoms with Crippen LogP contribution in [0, 0.1) is 0 Å². The van der Waals surface area contributed by atoms with Gasteiger partial charge in [-0.2, -0.15) is 0 Å². The molecule has 16 heavy (non-hydrogen) atoms. The van der Waals surface area contributed by atoms with Crippen LogP contribution in [-0.2, 0) is 13.0 Å². The number of alkyl halides is 1. The molecule has 0 amide bonds. The zero-order chi connectivity index (χ0) is 11.6. The summed E-state index contributed by atoms with van der Waals surface area (Å²) in [6, 6.07) is 5.98. The number of hydrogen-bond donors (Lipinski definition) is 1. The van der Waals surface area contributed by atoms with Gasteiger partial charge in [-0.05, 0) is 44.0 Å². The van der Waals surface area contributed by atoms with E-state index < -0.39 is 5.67 Å². The maximum atomic E-state index is 13.4. The summed E-state index contributed by atoms with van der Waals surface area (Å²) in [4.78, 5) is 0. The van der Waals surface area contributed by atoms with Crippen LogP contribution >= 0.6 is 0 Å². The highest BCUT2D eigenvalue weighted by atomic mass is 19.1. The Labute approximate surface area is 95.8 Å². The minimum absolute atomic E-state index is 0.108. The second-order valence-electron chi connectivity index (χ2n) is 4.83. The monoisotopic (exact) mass is 223 g/mol. The van der Waals surface area contributed by atoms with Crippen molar-refractivity contribution < 1.29 is 9.13 Å². The number of halogens is 1. The number of rotatable bonds is 3. The third-order valence-electron chi connectivity index (χ3n) is 2.67. The number of nitrogens with one attached hydrogen (secondary N) is 1. The van der Waals surface area contributed by atoms with Gasteiger partial charge in [0.2, 0.25) is 0 Å². The van der Waals surface area contributed by atoms with E-state index in [4.69, 9.17) is 4.74 Å². The Hall–Kier alpha value is -1.09. The van der Waals surface area contributed by atoms with Crippen LogP contribution in [0.2, 0.25) is 0 Å². The first-order valence-corrected chi connectivity index (χ1v) is 5.69. The van der Waals surface area contributed by atoms with Crippen LogP contribution in [0.15, 0.2) is 18.2 Å². The molecule has 1 aromatic carbocycles. The average Bonchev–Trinajstić information content (AvgIpc) is 2.25. The molecular weight excluding hydrogens is 205 g/mol. The zero-order valence-electron chi connectivity index (χ0n) is 9.85. The van der Waals surface area contributed by atoms with Gasteiger partial charge in [0.05, 0.1) is 0 Å². The van der Waals surface area contributed by atoms with Gasteiger partial charge in [-0.25, -0.2) is 4.39 Å². The lowest BCUT2D eigenvalue weighted by atomic mass is 10.00. The van der Waals surface area contributed by atoms with Gasteiger partial charge >= 0.3 is 0 Å². The highest BCUT2D eigenvalue weighted by molar-refractivity contribution is 5.41. The maximum absolute atomic E-state index is 13.4. The quantitative estimate of drug-likeness (QED) is 0.850. The molecule has 1 heterocycles. The predicted molar refractivity (Wildman–Crippen MR) is 62.5 cm³/mol. The molecule has 2 rings (SSSR count). The molecule has 0 radical (unpaired) electrons. The van der Waals surface area contributed by atoms with Gasteiger partial charge in [-0.15, -0.1) is 0 Å². The summed E-state index contributed by atoms with van der Waals surface area (Å²) in [5.41, 5.74) is 1.21. The van der Waals surface area contributed by atoms with Gasteiger partial charge in [-0.3, -0.25) is 0 Å². The van der Waals surface area contributed by atoms with Crippen LogP contribution in [0.5, 0.6) is 5.75 Å². The average molecular weight is 223 g/mol. The SMILES string of the molecule is CC(C)(F)COc1cccc2c1CCNC2. The van der Waals surface area contributed by atoms with Crippen molar-refractivity contribution in [2.24, 2.45) is 0 Å². The third-order valence-corrected chi connectivity index (χ3v) is 2.67. The Bertz CT molecular complexity index is 371. The fraction of sp³-hybridized carbons (Fsp3) is 0.538. The fourth-order valence-electron chi connectivity index (χ4n) is 1.88. The molecule has 3 heteroatoms. The minimum Gasteiger partial charge on any atom is -0.490 e. The molecule has 1 aromatic rings. The second kappa shape index (κ2) is 4.42. The normalized spacial score (nSPS) is 15.7. The third kappa shape index (κ3) is 2.73. The van der Waals surface area contributed by atoms with E-state index in [2.05, 4.69) is 11.4 Å². The van der Waals surface area contributed by atoms with Crippen molar-refractivity contribution in [2.45, 2.75) is 32.5 Å². The summed E-state index contributed by atoms with van der Waals surface area (Å²) < 4.78 is 18.9. The van der Waals surface area contributed by atoms with E-state index in [-0.39, 0.29) is 6.61 Å². The Morgan fingerprint density at radius 3 is 3.00 bits per heavy atom. The molecule has 0 saturated heterocycles. The topological polar surface area (TPSA) is 21.3 Å². The summed E-state index contributed by atoms with van der Waals surface area (Å²) in [7, 11) is 0. The molecule has 0 aliphatic carbocycles. The summed E-state index contributed by atoms with van der Waals surface area (Å²) in [5.74, 6) is 0.838. The summed E-state index contributed by atoms with van der Waals surface area (Å²) in [6.45, 7) is 5.02. The number of ether oxygens (including phenoxy) is 1. The first kappa shape index (κ1) is 11.4. The molecule has 0 aromatic heterocycles. The highest BCUT2D eigenvalue weighted by Gasteiger charge is 2.19. The lowest BCUT2D eigenvalue weighted by molar-refractivity contribution is 0.120. The Kier molecular flexibility index (Phi) is 3.15. The van der Waals surface area contributed by atoms with Crippen molar-refractivity contribution in [2.75, 3.05) is 13.2 Å². The van der Waals surface area contributed by atoms with Crippen LogP contribution in [0.25, 0.3) is 0 Å². The summed E-state index contributed by atoms with van der Waals surface area (Å²) in [5, 5.41) is 3.31. The van der Waals surface area contributed by atoms with E-state index >= 15 is 0 Å². The van der Waals surface area contributed by atoms with Gasteiger partial charge in [0.15, 0.2) is 0 Å². The van der Waals surface area contributed by atoms with E-state index in [0.29, 0.717) is 0 Å². The van der Waals surface area contributed by atoms with Crippen LogP contribution in [0.4, 0.5) is 4.39 Å². The van der Waals surface area contributed by atoms with Crippen LogP contribution < -0.4 is 10.1 Å². The molecule has 88 valence electrons. The van der Waals surface area contributed by atoms with E-state index in [9.17, 15) is 4.39 Å². The molecule has 0 atom stereocenters. The molecule has 1 aliphatic heterocycles. The van der Waals surface area contributed by atoms with Crippen molar-refractivity contribution in [3.63, 3.8) is 0 Å². The van der Waals surface area contributed by atoms with Crippen molar-refractivity contribution in [3.05, 3.63) is 29.3 Å². The minimum atomic E-state index is -1.28. The van der Waals surface area contributed by atoms with Crippen LogP contribution in [0.1, 0.15) is 25.0 Å². The summed E-state index contributed by atoms with van der Waals surface area (Å²) in [6.07, 6.45) is 0.957. The van der Waals surface area contributed by atoms with Crippen molar-refractivity contribution in [3.8, 4) is 5.75 Å². The first-order chi connectivity index (χ1) is 7.56. The highest BCUT2D eigenvalue weighted by Crippen LogP contribution is 2.26. The predicted octanol–water partition coefficient (Wildman–Crippen LogP) is 2.46. The second-order valence-corrected chi connectivity index (χ2v) is 4.83. The van der Waals surface area contributed by atoms with Gasteiger partial charge in [0.1, 0.15) is 18.0 Å². The van der Waals surface area contributed by atoms with Gasteiger partial charge < -0.3 is 10.1 Å². The lowest BCUT2D eigenvalue weighted by Crippen LogP contribution is -2.26. The largest absolute Gasteiger partial charge is 0.490 e. The van der Waals surface area contributed by atoms with Crippen molar-refractivity contribution >= 4 is 0 Å². The number of hydrogen-bond acceptors (Lipinski definition) is 2. The Morgan fingerprint density at radius 2 is 2.25 bits per heavy atom. The van der Waals surface area contributed by atoms with Gasteiger partial charge in [-0.1, -0.05) is 12.1 Å². The van der Waals surface area contributed by atoms with Crippen molar-refractivity contribution in [1.29, 1.82) is 0 Å². The first-order valence-electron chi connectivity index (χ1n) is 5.69. The zero-order valence-corrected chi connectivity index (χ0v) is 9.85. The van der Waals surface area contributed by atoms with E-state index in [1.165, 1.54) is 25.0 Å². The lowest BCUT2D eigenvalue weighted by Gasteiger charge is -2.22. The smallest absolute Gasteiger partial charge is 0.139 e. The maximum Gasteiger partial charge on any atom is 0.139 e. The Morgan fingerprint density at radius 1 is 1.44 bits per heavy atom. The fourth-order valence-corrected chi connectivity index (χ4v) is 1.88. The molecule has 2 nitrogen and oxygen atoms in total. The number of fused-ring (bicyclic) bond motifs is 1. The van der Waals surface area contributed by atoms with E-state index in [0.717, 1.165) is 25.3 Å². The standard InChI is InChI=1S/C13H18FNO/c1-13(2,14)9-16-12-5-3-4-10-8-15-7-6-11(10)12/h3-5,15H,6-9H2,1-2H3. The van der Waals surface area contributed by atoms with Crippen LogP contribution in [-0.4, -0.2) is 18.8 Å². The molecule has 0 saturated carbocycles. The molecule has 0 bridgehead atoms. The molecular formula is C13H18FNO. The van der Waals surface area contributed by atoms with E-state index in [1.807, 2.05) is 12.1 Å². The number of benzene rings is 1. The molecule has 1 aliphatic rings.